The smallest absolute Gasteiger partial charge is 0.246 e. The second kappa shape index (κ2) is 8.49. The molecule has 0 N–H and O–H groups in total. The molecule has 26 heavy (non-hydrogen) atoms. The van der Waals surface area contributed by atoms with Crippen LogP contribution in [0.25, 0.3) is 6.08 Å². The van der Waals surface area contributed by atoms with E-state index in [9.17, 15) is 9.59 Å². The van der Waals surface area contributed by atoms with E-state index in [1.807, 2.05) is 41.0 Å². The maximum atomic E-state index is 12.7. The summed E-state index contributed by atoms with van der Waals surface area (Å²) in [7, 11) is 2.09. The SMILES string of the molecule is Cc1cccc(C=CC(=O)N2CCC(C(=O)N3CCN(C)CC3)CC2)c1. The summed E-state index contributed by atoms with van der Waals surface area (Å²) >= 11 is 0. The molecule has 1 aromatic rings. The van der Waals surface area contributed by atoms with Crippen molar-refractivity contribution >= 4 is 17.9 Å². The van der Waals surface area contributed by atoms with Gasteiger partial charge in [-0.3, -0.25) is 9.59 Å². The predicted molar refractivity (Wildman–Crippen MR) is 104 cm³/mol. The maximum absolute atomic E-state index is 12.7. The highest BCUT2D eigenvalue weighted by molar-refractivity contribution is 5.92. The number of hydrogen-bond donors (Lipinski definition) is 0. The van der Waals surface area contributed by atoms with Gasteiger partial charge in [0.15, 0.2) is 0 Å². The molecule has 0 saturated carbocycles. The number of hydrogen-bond acceptors (Lipinski definition) is 3. The maximum Gasteiger partial charge on any atom is 0.246 e. The van der Waals surface area contributed by atoms with Gasteiger partial charge >= 0.3 is 0 Å². The minimum absolute atomic E-state index is 0.0389. The van der Waals surface area contributed by atoms with Crippen LogP contribution in [-0.4, -0.2) is 72.8 Å². The van der Waals surface area contributed by atoms with Crippen molar-refractivity contribution in [2.45, 2.75) is 19.8 Å². The van der Waals surface area contributed by atoms with Gasteiger partial charge in [-0.25, -0.2) is 0 Å². The number of aryl methyl sites for hydroxylation is 1. The first-order valence-corrected chi connectivity index (χ1v) is 9.54. The van der Waals surface area contributed by atoms with Crippen molar-refractivity contribution in [3.8, 4) is 0 Å². The second-order valence-corrected chi connectivity index (χ2v) is 7.48. The van der Waals surface area contributed by atoms with Crippen LogP contribution < -0.4 is 0 Å². The highest BCUT2D eigenvalue weighted by Gasteiger charge is 2.30. The molecule has 1 aromatic carbocycles. The molecular weight excluding hydrogens is 326 g/mol. The lowest BCUT2D eigenvalue weighted by Crippen LogP contribution is -2.50. The van der Waals surface area contributed by atoms with Crippen LogP contribution in [0, 0.1) is 12.8 Å². The normalized spacial score (nSPS) is 19.9. The van der Waals surface area contributed by atoms with E-state index < -0.39 is 0 Å². The van der Waals surface area contributed by atoms with E-state index in [-0.39, 0.29) is 17.7 Å². The first-order valence-electron chi connectivity index (χ1n) is 9.54. The van der Waals surface area contributed by atoms with Gasteiger partial charge in [-0.1, -0.05) is 29.8 Å². The van der Waals surface area contributed by atoms with Crippen LogP contribution in [0.15, 0.2) is 30.3 Å². The molecular formula is C21H29N3O2. The molecule has 0 aromatic heterocycles. The van der Waals surface area contributed by atoms with Crippen molar-refractivity contribution in [1.82, 2.24) is 14.7 Å². The largest absolute Gasteiger partial charge is 0.340 e. The number of carbonyl (C=O) groups is 2. The van der Waals surface area contributed by atoms with Crippen molar-refractivity contribution in [3.63, 3.8) is 0 Å². The average molecular weight is 355 g/mol. The molecule has 2 aliphatic heterocycles. The minimum Gasteiger partial charge on any atom is -0.340 e. The van der Waals surface area contributed by atoms with Crippen LogP contribution in [0.5, 0.6) is 0 Å². The fourth-order valence-corrected chi connectivity index (χ4v) is 3.68. The highest BCUT2D eigenvalue weighted by Crippen LogP contribution is 2.21. The van der Waals surface area contributed by atoms with E-state index in [2.05, 4.69) is 18.0 Å². The Morgan fingerprint density at radius 1 is 1.00 bits per heavy atom. The van der Waals surface area contributed by atoms with Crippen molar-refractivity contribution in [3.05, 3.63) is 41.5 Å². The molecule has 2 amide bonds. The zero-order chi connectivity index (χ0) is 18.5. The molecule has 140 valence electrons. The molecule has 2 aliphatic rings. The van der Waals surface area contributed by atoms with Crippen LogP contribution in [0.4, 0.5) is 0 Å². The first-order chi connectivity index (χ1) is 12.5. The quantitative estimate of drug-likeness (QED) is 0.779. The van der Waals surface area contributed by atoms with Gasteiger partial charge in [0, 0.05) is 51.3 Å². The topological polar surface area (TPSA) is 43.9 Å². The lowest BCUT2D eigenvalue weighted by Gasteiger charge is -2.37. The summed E-state index contributed by atoms with van der Waals surface area (Å²) in [5, 5.41) is 0. The van der Waals surface area contributed by atoms with Crippen molar-refractivity contribution < 1.29 is 9.59 Å². The van der Waals surface area contributed by atoms with Crippen LogP contribution in [-0.2, 0) is 9.59 Å². The van der Waals surface area contributed by atoms with Crippen LogP contribution >= 0.6 is 0 Å². The van der Waals surface area contributed by atoms with E-state index in [1.54, 1.807) is 6.08 Å². The van der Waals surface area contributed by atoms with Crippen LogP contribution in [0.3, 0.4) is 0 Å². The molecule has 0 bridgehead atoms. The number of benzene rings is 1. The molecule has 0 radical (unpaired) electrons. The number of rotatable bonds is 3. The molecule has 5 heteroatoms. The molecule has 2 fully saturated rings. The third kappa shape index (κ3) is 4.73. The third-order valence-electron chi connectivity index (χ3n) is 5.43. The summed E-state index contributed by atoms with van der Waals surface area (Å²) in [5.74, 6) is 0.390. The van der Waals surface area contributed by atoms with Gasteiger partial charge in [-0.15, -0.1) is 0 Å². The van der Waals surface area contributed by atoms with E-state index in [0.29, 0.717) is 13.1 Å². The van der Waals surface area contributed by atoms with Gasteiger partial charge < -0.3 is 14.7 Å². The van der Waals surface area contributed by atoms with Gasteiger partial charge in [0.2, 0.25) is 11.8 Å². The Morgan fingerprint density at radius 3 is 2.35 bits per heavy atom. The molecule has 0 spiro atoms. The minimum atomic E-state index is 0.0389. The molecule has 2 heterocycles. The van der Waals surface area contributed by atoms with Gasteiger partial charge in [0.25, 0.3) is 0 Å². The molecule has 0 aliphatic carbocycles. The summed E-state index contributed by atoms with van der Waals surface area (Å²) in [6, 6.07) is 8.10. The molecule has 2 saturated heterocycles. The predicted octanol–water partition coefficient (Wildman–Crippen LogP) is 2.02. The van der Waals surface area contributed by atoms with E-state index in [0.717, 1.165) is 44.6 Å². The van der Waals surface area contributed by atoms with E-state index in [4.69, 9.17) is 0 Å². The second-order valence-electron chi connectivity index (χ2n) is 7.48. The standard InChI is InChI=1S/C21H29N3O2/c1-17-4-3-5-18(16-17)6-7-20(25)23-10-8-19(9-11-23)21(26)24-14-12-22(2)13-15-24/h3-7,16,19H,8-15H2,1-2H3. The molecule has 3 rings (SSSR count). The number of likely N-dealkylation sites (N-methyl/N-ethyl adjacent to an activating group) is 1. The van der Waals surface area contributed by atoms with Gasteiger partial charge in [0.1, 0.15) is 0 Å². The summed E-state index contributed by atoms with van der Waals surface area (Å²) in [6.07, 6.45) is 5.07. The van der Waals surface area contributed by atoms with E-state index >= 15 is 0 Å². The number of carbonyl (C=O) groups excluding carboxylic acids is 2. The Labute approximate surface area is 156 Å². The third-order valence-corrected chi connectivity index (χ3v) is 5.43. The Kier molecular flexibility index (Phi) is 6.09. The number of likely N-dealkylation sites (tertiary alicyclic amines) is 1. The zero-order valence-corrected chi connectivity index (χ0v) is 15.9. The van der Waals surface area contributed by atoms with Crippen molar-refractivity contribution in [1.29, 1.82) is 0 Å². The lowest BCUT2D eigenvalue weighted by atomic mass is 9.95. The monoisotopic (exact) mass is 355 g/mol. The fraction of sp³-hybridized carbons (Fsp3) is 0.524. The van der Waals surface area contributed by atoms with Crippen molar-refractivity contribution in [2.75, 3.05) is 46.3 Å². The van der Waals surface area contributed by atoms with E-state index in [1.165, 1.54) is 5.56 Å². The highest BCUT2D eigenvalue weighted by atomic mass is 16.2. The Hall–Kier alpha value is -2.14. The van der Waals surface area contributed by atoms with Gasteiger partial charge in [-0.2, -0.15) is 0 Å². The first kappa shape index (κ1) is 18.6. The van der Waals surface area contributed by atoms with Gasteiger partial charge in [0.05, 0.1) is 0 Å². The number of piperidine rings is 1. The molecule has 0 unspecified atom stereocenters. The lowest BCUT2D eigenvalue weighted by molar-refractivity contribution is -0.140. The Bertz CT molecular complexity index is 670. The summed E-state index contributed by atoms with van der Waals surface area (Å²) in [6.45, 7) is 6.94. The number of amides is 2. The number of nitrogens with zero attached hydrogens (tertiary/aromatic N) is 3. The zero-order valence-electron chi connectivity index (χ0n) is 15.9. The Balaban J connectivity index is 1.48. The Morgan fingerprint density at radius 2 is 1.69 bits per heavy atom. The summed E-state index contributed by atoms with van der Waals surface area (Å²) in [5.41, 5.74) is 2.22. The molecule has 5 nitrogen and oxygen atoms in total. The van der Waals surface area contributed by atoms with Crippen LogP contribution in [0.1, 0.15) is 24.0 Å². The fourth-order valence-electron chi connectivity index (χ4n) is 3.68. The summed E-state index contributed by atoms with van der Waals surface area (Å²) in [4.78, 5) is 31.2. The van der Waals surface area contributed by atoms with Crippen LogP contribution in [0.2, 0.25) is 0 Å². The molecule has 0 atom stereocenters. The summed E-state index contributed by atoms with van der Waals surface area (Å²) < 4.78 is 0. The average Bonchev–Trinajstić information content (AvgIpc) is 2.66. The van der Waals surface area contributed by atoms with Crippen molar-refractivity contribution in [2.24, 2.45) is 5.92 Å². The van der Waals surface area contributed by atoms with Gasteiger partial charge in [-0.05, 0) is 38.5 Å². The number of piperazine rings is 1.